The lowest BCUT2D eigenvalue weighted by Crippen LogP contribution is -2.40. The van der Waals surface area contributed by atoms with Crippen LogP contribution in [0.5, 0.6) is 0 Å². The highest BCUT2D eigenvalue weighted by molar-refractivity contribution is 6.31. The van der Waals surface area contributed by atoms with Gasteiger partial charge in [0, 0.05) is 38.1 Å². The number of hydrogen-bond donors (Lipinski definition) is 2. The van der Waals surface area contributed by atoms with E-state index in [9.17, 15) is 9.59 Å². The largest absolute Gasteiger partial charge is 0.354 e. The fourth-order valence-corrected chi connectivity index (χ4v) is 3.22. The molecule has 2 aromatic carbocycles. The third-order valence-electron chi connectivity index (χ3n) is 4.62. The van der Waals surface area contributed by atoms with E-state index in [4.69, 9.17) is 11.6 Å². The number of nitrogens with one attached hydrogen (secondary N) is 2. The van der Waals surface area contributed by atoms with Crippen LogP contribution in [-0.4, -0.2) is 56.0 Å². The van der Waals surface area contributed by atoms with E-state index >= 15 is 0 Å². The molecule has 0 aliphatic carbocycles. The first-order valence-corrected chi connectivity index (χ1v) is 9.96. The molecule has 2 N–H and O–H groups in total. The van der Waals surface area contributed by atoms with E-state index < -0.39 is 0 Å². The SMILES string of the molecule is CN(Cc1ccccc1)C(=O)NCCC(=O)NCC(c1ccccc1Cl)N(C)C. The van der Waals surface area contributed by atoms with Crippen LogP contribution in [0.25, 0.3) is 0 Å². The van der Waals surface area contributed by atoms with Crippen LogP contribution in [0.1, 0.15) is 23.6 Å². The summed E-state index contributed by atoms with van der Waals surface area (Å²) in [5, 5.41) is 6.38. The Balaban J connectivity index is 1.74. The van der Waals surface area contributed by atoms with Gasteiger partial charge in [-0.1, -0.05) is 60.1 Å². The maximum Gasteiger partial charge on any atom is 0.317 e. The molecule has 0 heterocycles. The third kappa shape index (κ3) is 7.40. The zero-order valence-corrected chi connectivity index (χ0v) is 17.9. The standard InChI is InChI=1S/C22H29ClN4O2/c1-26(2)20(18-11-7-8-12-19(18)23)15-25-21(28)13-14-24-22(29)27(3)16-17-9-5-4-6-10-17/h4-12,20H,13-16H2,1-3H3,(H,24,29)(H,25,28). The van der Waals surface area contributed by atoms with E-state index in [0.717, 1.165) is 11.1 Å². The van der Waals surface area contributed by atoms with E-state index in [1.54, 1.807) is 11.9 Å². The minimum Gasteiger partial charge on any atom is -0.354 e. The molecule has 1 atom stereocenters. The van der Waals surface area contributed by atoms with Crippen molar-refractivity contribution in [2.75, 3.05) is 34.2 Å². The van der Waals surface area contributed by atoms with Crippen LogP contribution in [0.3, 0.4) is 0 Å². The van der Waals surface area contributed by atoms with Crippen LogP contribution < -0.4 is 10.6 Å². The average Bonchev–Trinajstić information content (AvgIpc) is 2.69. The number of carbonyl (C=O) groups excluding carboxylic acids is 2. The first-order chi connectivity index (χ1) is 13.9. The van der Waals surface area contributed by atoms with Gasteiger partial charge in [-0.25, -0.2) is 4.79 Å². The molecule has 0 aromatic heterocycles. The highest BCUT2D eigenvalue weighted by atomic mass is 35.5. The first kappa shape index (κ1) is 22.7. The Hall–Kier alpha value is -2.57. The fraction of sp³-hybridized carbons (Fsp3) is 0.364. The van der Waals surface area contributed by atoms with Gasteiger partial charge in [0.1, 0.15) is 0 Å². The van der Waals surface area contributed by atoms with Gasteiger partial charge >= 0.3 is 6.03 Å². The Labute approximate surface area is 177 Å². The van der Waals surface area contributed by atoms with Crippen molar-refractivity contribution in [3.05, 3.63) is 70.7 Å². The summed E-state index contributed by atoms with van der Waals surface area (Å²) in [5.74, 6) is -0.116. The van der Waals surface area contributed by atoms with Crippen LogP contribution in [0.2, 0.25) is 5.02 Å². The second-order valence-electron chi connectivity index (χ2n) is 7.13. The van der Waals surface area contributed by atoms with Gasteiger partial charge in [0.25, 0.3) is 0 Å². The lowest BCUT2D eigenvalue weighted by Gasteiger charge is -2.26. The van der Waals surface area contributed by atoms with Gasteiger partial charge in [-0.2, -0.15) is 0 Å². The number of amides is 3. The molecule has 1 unspecified atom stereocenters. The number of halogens is 1. The van der Waals surface area contributed by atoms with Crippen molar-refractivity contribution in [1.29, 1.82) is 0 Å². The maximum absolute atomic E-state index is 12.2. The first-order valence-electron chi connectivity index (χ1n) is 9.59. The summed E-state index contributed by atoms with van der Waals surface area (Å²) < 4.78 is 0. The predicted octanol–water partition coefficient (Wildman–Crippen LogP) is 3.29. The summed E-state index contributed by atoms with van der Waals surface area (Å²) in [7, 11) is 5.62. The molecule has 0 fully saturated rings. The predicted molar refractivity (Wildman–Crippen MR) is 117 cm³/mol. The Morgan fingerprint density at radius 1 is 0.966 bits per heavy atom. The van der Waals surface area contributed by atoms with Gasteiger partial charge in [0.15, 0.2) is 0 Å². The van der Waals surface area contributed by atoms with E-state index in [0.29, 0.717) is 18.1 Å². The average molecular weight is 417 g/mol. The van der Waals surface area contributed by atoms with Gasteiger partial charge in [-0.15, -0.1) is 0 Å². The van der Waals surface area contributed by atoms with Crippen molar-refractivity contribution in [1.82, 2.24) is 20.4 Å². The second kappa shape index (κ2) is 11.4. The highest BCUT2D eigenvalue weighted by Gasteiger charge is 2.18. The Kier molecular flexibility index (Phi) is 8.96. The molecule has 0 bridgehead atoms. The minimum absolute atomic E-state index is 0.0285. The summed E-state index contributed by atoms with van der Waals surface area (Å²) in [6, 6.07) is 17.1. The van der Waals surface area contributed by atoms with Gasteiger partial charge in [-0.05, 0) is 31.3 Å². The molecule has 2 aromatic rings. The van der Waals surface area contributed by atoms with Crippen LogP contribution in [0.4, 0.5) is 4.79 Å². The van der Waals surface area contributed by atoms with Gasteiger partial charge in [-0.3, -0.25) is 4.79 Å². The maximum atomic E-state index is 12.2. The van der Waals surface area contributed by atoms with Gasteiger partial charge in [0.2, 0.25) is 5.91 Å². The number of likely N-dealkylation sites (N-methyl/N-ethyl adjacent to an activating group) is 1. The number of nitrogens with zero attached hydrogens (tertiary/aromatic N) is 2. The Morgan fingerprint density at radius 3 is 2.28 bits per heavy atom. The van der Waals surface area contributed by atoms with Crippen LogP contribution in [-0.2, 0) is 11.3 Å². The highest BCUT2D eigenvalue weighted by Crippen LogP contribution is 2.25. The molecule has 6 nitrogen and oxygen atoms in total. The van der Waals surface area contributed by atoms with E-state index in [-0.39, 0.29) is 30.9 Å². The van der Waals surface area contributed by atoms with Crippen molar-refractivity contribution >= 4 is 23.5 Å². The molecule has 3 amide bonds. The smallest absolute Gasteiger partial charge is 0.317 e. The van der Waals surface area contributed by atoms with Gasteiger partial charge < -0.3 is 20.4 Å². The van der Waals surface area contributed by atoms with Crippen LogP contribution >= 0.6 is 11.6 Å². The molecule has 0 saturated heterocycles. The topological polar surface area (TPSA) is 64.7 Å². The number of hydrogen-bond acceptors (Lipinski definition) is 3. The summed E-state index contributed by atoms with van der Waals surface area (Å²) >= 11 is 6.29. The fourth-order valence-electron chi connectivity index (χ4n) is 2.96. The van der Waals surface area contributed by atoms with E-state index in [1.807, 2.05) is 73.6 Å². The molecule has 0 aliphatic rings. The third-order valence-corrected chi connectivity index (χ3v) is 4.96. The van der Waals surface area contributed by atoms with Crippen LogP contribution in [0, 0.1) is 0 Å². The quantitative estimate of drug-likeness (QED) is 0.659. The summed E-state index contributed by atoms with van der Waals surface area (Å²) in [6.07, 6.45) is 0.216. The lowest BCUT2D eigenvalue weighted by atomic mass is 10.1. The molecule has 0 saturated carbocycles. The van der Waals surface area contributed by atoms with Gasteiger partial charge in [0.05, 0.1) is 6.04 Å². The van der Waals surface area contributed by atoms with E-state index in [2.05, 4.69) is 10.6 Å². The van der Waals surface area contributed by atoms with Crippen molar-refractivity contribution in [3.63, 3.8) is 0 Å². The molecule has 0 aliphatic heterocycles. The zero-order valence-electron chi connectivity index (χ0n) is 17.2. The normalized spacial score (nSPS) is 11.8. The molecule has 29 heavy (non-hydrogen) atoms. The molecule has 7 heteroatoms. The Bertz CT molecular complexity index is 798. The lowest BCUT2D eigenvalue weighted by molar-refractivity contribution is -0.121. The number of benzene rings is 2. The molecule has 0 radical (unpaired) electrons. The number of rotatable bonds is 9. The monoisotopic (exact) mass is 416 g/mol. The number of urea groups is 1. The summed E-state index contributed by atoms with van der Waals surface area (Å²) in [4.78, 5) is 28.0. The van der Waals surface area contributed by atoms with E-state index in [1.165, 1.54) is 0 Å². The Morgan fingerprint density at radius 2 is 1.62 bits per heavy atom. The summed E-state index contributed by atoms with van der Waals surface area (Å²) in [5.41, 5.74) is 2.02. The van der Waals surface area contributed by atoms with Crippen molar-refractivity contribution in [2.45, 2.75) is 19.0 Å². The van der Waals surface area contributed by atoms with Crippen molar-refractivity contribution < 1.29 is 9.59 Å². The van der Waals surface area contributed by atoms with Crippen molar-refractivity contribution in [3.8, 4) is 0 Å². The molecular formula is C22H29ClN4O2. The van der Waals surface area contributed by atoms with Crippen LogP contribution in [0.15, 0.2) is 54.6 Å². The molecule has 2 rings (SSSR count). The van der Waals surface area contributed by atoms with Crippen molar-refractivity contribution in [2.24, 2.45) is 0 Å². The molecule has 0 spiro atoms. The molecular weight excluding hydrogens is 388 g/mol. The summed E-state index contributed by atoms with van der Waals surface area (Å²) in [6.45, 7) is 1.24. The molecule has 156 valence electrons. The minimum atomic E-state index is -0.205. The second-order valence-corrected chi connectivity index (χ2v) is 7.54. The zero-order chi connectivity index (χ0) is 21.2. The number of carbonyl (C=O) groups is 2.